The first-order chi connectivity index (χ1) is 14.6. The maximum Gasteiger partial charge on any atom is 0.416 e. The van der Waals surface area contributed by atoms with E-state index < -0.39 is 42.2 Å². The fraction of sp³-hybridized carbons (Fsp3) is 0.278. The number of benzene rings is 1. The molecule has 7 nitrogen and oxygen atoms in total. The summed E-state index contributed by atoms with van der Waals surface area (Å²) in [5.41, 5.74) is -1.66. The zero-order chi connectivity index (χ0) is 22.8. The fourth-order valence-corrected chi connectivity index (χ4v) is 3.07. The summed E-state index contributed by atoms with van der Waals surface area (Å²) < 4.78 is 67.0. The normalized spacial score (nSPS) is 12.8. The molecule has 1 unspecified atom stereocenters. The SMILES string of the molecule is CC(c1ncnn1-c1ncccn1)N(CC(F)F)C(=O)c1cc(Cl)cc(C(F)(F)F)c1. The number of halogens is 6. The van der Waals surface area contributed by atoms with Gasteiger partial charge in [-0.3, -0.25) is 4.79 Å². The summed E-state index contributed by atoms with van der Waals surface area (Å²) in [5.74, 6) is -0.962. The van der Waals surface area contributed by atoms with Crippen molar-refractivity contribution in [2.24, 2.45) is 0 Å². The van der Waals surface area contributed by atoms with Crippen LogP contribution in [0.1, 0.15) is 34.7 Å². The first-order valence-electron chi connectivity index (χ1n) is 8.72. The van der Waals surface area contributed by atoms with E-state index in [9.17, 15) is 26.7 Å². The van der Waals surface area contributed by atoms with Crippen LogP contribution in [0.3, 0.4) is 0 Å². The number of carbonyl (C=O) groups is 1. The van der Waals surface area contributed by atoms with Crippen LogP contribution >= 0.6 is 11.6 Å². The van der Waals surface area contributed by atoms with Gasteiger partial charge in [0.2, 0.25) is 0 Å². The first-order valence-corrected chi connectivity index (χ1v) is 9.10. The fourth-order valence-electron chi connectivity index (χ4n) is 2.84. The summed E-state index contributed by atoms with van der Waals surface area (Å²) in [6.45, 7) is 0.329. The standard InChI is InChI=1S/C18H14ClF5N6O/c1-10(15-27-9-28-30(15)17-25-3-2-4-26-17)29(8-14(20)21)16(31)11-5-12(18(22,23)24)7-13(19)6-11/h2-7,9-10,14H,8H2,1H3. The summed E-state index contributed by atoms with van der Waals surface area (Å²) >= 11 is 5.73. The Labute approximate surface area is 177 Å². The zero-order valence-corrected chi connectivity index (χ0v) is 16.5. The third kappa shape index (κ3) is 5.13. The van der Waals surface area contributed by atoms with Crippen LogP contribution in [0.15, 0.2) is 43.0 Å². The van der Waals surface area contributed by atoms with Crippen molar-refractivity contribution < 1.29 is 26.7 Å². The molecule has 31 heavy (non-hydrogen) atoms. The Morgan fingerprint density at radius 3 is 2.45 bits per heavy atom. The molecule has 1 atom stereocenters. The van der Waals surface area contributed by atoms with Crippen molar-refractivity contribution in [3.05, 3.63) is 65.0 Å². The van der Waals surface area contributed by atoms with Crippen LogP contribution < -0.4 is 0 Å². The lowest BCUT2D eigenvalue weighted by atomic mass is 10.1. The van der Waals surface area contributed by atoms with Crippen LogP contribution in [-0.4, -0.2) is 48.5 Å². The molecule has 13 heteroatoms. The maximum absolute atomic E-state index is 13.3. The van der Waals surface area contributed by atoms with E-state index >= 15 is 0 Å². The van der Waals surface area contributed by atoms with E-state index in [4.69, 9.17) is 11.6 Å². The summed E-state index contributed by atoms with van der Waals surface area (Å²) in [4.78, 5) is 25.7. The molecule has 0 saturated carbocycles. The number of hydrogen-bond donors (Lipinski definition) is 0. The number of carbonyl (C=O) groups excluding carboxylic acids is 1. The van der Waals surface area contributed by atoms with Crippen LogP contribution in [0.5, 0.6) is 0 Å². The Morgan fingerprint density at radius 2 is 1.84 bits per heavy atom. The number of alkyl halides is 5. The van der Waals surface area contributed by atoms with E-state index in [2.05, 4.69) is 20.1 Å². The molecule has 0 radical (unpaired) electrons. The molecule has 0 saturated heterocycles. The average Bonchev–Trinajstić information content (AvgIpc) is 3.20. The molecule has 0 N–H and O–H groups in total. The molecule has 1 aromatic carbocycles. The Balaban J connectivity index is 2.01. The van der Waals surface area contributed by atoms with E-state index in [-0.39, 0.29) is 16.8 Å². The smallest absolute Gasteiger partial charge is 0.323 e. The van der Waals surface area contributed by atoms with E-state index in [1.807, 2.05) is 0 Å². The van der Waals surface area contributed by atoms with Gasteiger partial charge in [0, 0.05) is 23.0 Å². The molecule has 0 aliphatic carbocycles. The quantitative estimate of drug-likeness (QED) is 0.515. The Bertz CT molecular complexity index is 1060. The van der Waals surface area contributed by atoms with Crippen LogP contribution in [0, 0.1) is 0 Å². The third-order valence-corrected chi connectivity index (χ3v) is 4.44. The van der Waals surface area contributed by atoms with E-state index in [0.717, 1.165) is 17.1 Å². The highest BCUT2D eigenvalue weighted by Crippen LogP contribution is 2.33. The van der Waals surface area contributed by atoms with Crippen molar-refractivity contribution in [1.29, 1.82) is 0 Å². The van der Waals surface area contributed by atoms with Gasteiger partial charge in [-0.2, -0.15) is 23.0 Å². The lowest BCUT2D eigenvalue weighted by molar-refractivity contribution is -0.137. The number of hydrogen-bond acceptors (Lipinski definition) is 5. The molecule has 3 rings (SSSR count). The predicted octanol–water partition coefficient (Wildman–Crippen LogP) is 4.20. The summed E-state index contributed by atoms with van der Waals surface area (Å²) in [7, 11) is 0. The molecule has 0 aliphatic rings. The largest absolute Gasteiger partial charge is 0.416 e. The van der Waals surface area contributed by atoms with Gasteiger partial charge < -0.3 is 4.90 Å². The van der Waals surface area contributed by atoms with Gasteiger partial charge in [-0.25, -0.2) is 23.7 Å². The first kappa shape index (κ1) is 22.5. The van der Waals surface area contributed by atoms with Gasteiger partial charge in [0.05, 0.1) is 18.2 Å². The summed E-state index contributed by atoms with van der Waals surface area (Å²) in [6.07, 6.45) is -3.77. The summed E-state index contributed by atoms with van der Waals surface area (Å²) in [6, 6.07) is 2.62. The van der Waals surface area contributed by atoms with Gasteiger partial charge in [-0.05, 0) is 31.2 Å². The van der Waals surface area contributed by atoms with E-state index in [1.165, 1.54) is 19.3 Å². The van der Waals surface area contributed by atoms with Gasteiger partial charge in [-0.1, -0.05) is 11.6 Å². The van der Waals surface area contributed by atoms with Gasteiger partial charge in [0.25, 0.3) is 18.3 Å². The predicted molar refractivity (Wildman–Crippen MR) is 98.9 cm³/mol. The minimum atomic E-state index is -4.77. The van der Waals surface area contributed by atoms with Crippen molar-refractivity contribution in [2.75, 3.05) is 6.54 Å². The molecule has 2 heterocycles. The van der Waals surface area contributed by atoms with Gasteiger partial charge in [0.1, 0.15) is 6.33 Å². The molecule has 0 spiro atoms. The summed E-state index contributed by atoms with van der Waals surface area (Å²) in [5, 5.41) is 3.59. The molecule has 0 aliphatic heterocycles. The molecule has 1 amide bonds. The van der Waals surface area contributed by atoms with Crippen LogP contribution in [0.2, 0.25) is 5.02 Å². The minimum Gasteiger partial charge on any atom is -0.323 e. The van der Waals surface area contributed by atoms with Gasteiger partial charge in [-0.15, -0.1) is 0 Å². The average molecular weight is 461 g/mol. The number of aromatic nitrogens is 5. The molecular formula is C18H14ClF5N6O. The molecular weight excluding hydrogens is 447 g/mol. The molecule has 3 aromatic rings. The third-order valence-electron chi connectivity index (χ3n) is 4.22. The zero-order valence-electron chi connectivity index (χ0n) is 15.8. The van der Waals surface area contributed by atoms with E-state index in [0.29, 0.717) is 17.0 Å². The number of nitrogens with zero attached hydrogens (tertiary/aromatic N) is 6. The van der Waals surface area contributed by atoms with Crippen molar-refractivity contribution in [3.8, 4) is 5.95 Å². The monoisotopic (exact) mass is 460 g/mol. The second kappa shape index (κ2) is 8.92. The second-order valence-electron chi connectivity index (χ2n) is 6.33. The van der Waals surface area contributed by atoms with Crippen LogP contribution in [-0.2, 0) is 6.18 Å². The van der Waals surface area contributed by atoms with Gasteiger partial charge in [0.15, 0.2) is 5.82 Å². The highest BCUT2D eigenvalue weighted by Gasteiger charge is 2.34. The highest BCUT2D eigenvalue weighted by molar-refractivity contribution is 6.31. The van der Waals surface area contributed by atoms with Crippen molar-refractivity contribution >= 4 is 17.5 Å². The van der Waals surface area contributed by atoms with Gasteiger partial charge >= 0.3 is 6.18 Å². The second-order valence-corrected chi connectivity index (χ2v) is 6.77. The minimum absolute atomic E-state index is 0.0401. The van der Waals surface area contributed by atoms with E-state index in [1.54, 1.807) is 6.07 Å². The topological polar surface area (TPSA) is 76.8 Å². The Morgan fingerprint density at radius 1 is 1.16 bits per heavy atom. The molecule has 0 fully saturated rings. The Kier molecular flexibility index (Phi) is 6.48. The van der Waals surface area contributed by atoms with Crippen LogP contribution in [0.4, 0.5) is 22.0 Å². The molecule has 0 bridgehead atoms. The molecule has 164 valence electrons. The highest BCUT2D eigenvalue weighted by atomic mass is 35.5. The van der Waals surface area contributed by atoms with Crippen LogP contribution in [0.25, 0.3) is 5.95 Å². The van der Waals surface area contributed by atoms with Crippen molar-refractivity contribution in [1.82, 2.24) is 29.6 Å². The molecule has 2 aromatic heterocycles. The Hall–Kier alpha value is -3.15. The lowest BCUT2D eigenvalue weighted by Crippen LogP contribution is -2.38. The van der Waals surface area contributed by atoms with Crippen molar-refractivity contribution in [2.45, 2.75) is 25.6 Å². The maximum atomic E-state index is 13.3. The number of amides is 1. The van der Waals surface area contributed by atoms with Crippen molar-refractivity contribution in [3.63, 3.8) is 0 Å². The number of rotatable bonds is 6. The lowest BCUT2D eigenvalue weighted by Gasteiger charge is -2.28.